The lowest BCUT2D eigenvalue weighted by Gasteiger charge is -2.07. The molecule has 1 amide bonds. The number of aromatic nitrogens is 3. The Hall–Kier alpha value is -2.19. The van der Waals surface area contributed by atoms with Gasteiger partial charge in [0.1, 0.15) is 6.54 Å². The van der Waals surface area contributed by atoms with Gasteiger partial charge in [-0.25, -0.2) is 13.9 Å². The first kappa shape index (κ1) is 15.2. The molecule has 0 spiro atoms. The Morgan fingerprint density at radius 1 is 1.33 bits per heavy atom. The fraction of sp³-hybridized carbons (Fsp3) is 0.0909. The minimum Gasteiger partial charge on any atom is -0.476 e. The summed E-state index contributed by atoms with van der Waals surface area (Å²) < 4.78 is 14.3. The van der Waals surface area contributed by atoms with Gasteiger partial charge >= 0.3 is 5.97 Å². The molecule has 0 saturated heterocycles. The maximum absolute atomic E-state index is 13.2. The monoisotopic (exact) mass is 332 g/mol. The Balaban J connectivity index is 2.06. The maximum atomic E-state index is 13.2. The molecule has 0 radical (unpaired) electrons. The first-order valence-electron chi connectivity index (χ1n) is 5.44. The van der Waals surface area contributed by atoms with Gasteiger partial charge in [-0.05, 0) is 12.1 Å². The van der Waals surface area contributed by atoms with Crippen molar-refractivity contribution in [2.75, 3.05) is 5.32 Å². The fourth-order valence-electron chi connectivity index (χ4n) is 1.45. The second-order valence-corrected chi connectivity index (χ2v) is 4.72. The summed E-state index contributed by atoms with van der Waals surface area (Å²) in [6, 6.07) is 2.40. The summed E-state index contributed by atoms with van der Waals surface area (Å²) in [5, 5.41) is 17.5. The second kappa shape index (κ2) is 6.06. The van der Waals surface area contributed by atoms with Crippen LogP contribution in [0.4, 0.5) is 10.1 Å². The van der Waals surface area contributed by atoms with Crippen LogP contribution in [0.3, 0.4) is 0 Å². The Kier molecular flexibility index (Phi) is 4.39. The average Bonchev–Trinajstić information content (AvgIpc) is 2.84. The largest absolute Gasteiger partial charge is 0.476 e. The van der Waals surface area contributed by atoms with E-state index in [4.69, 9.17) is 28.3 Å². The minimum absolute atomic E-state index is 0.204. The van der Waals surface area contributed by atoms with E-state index >= 15 is 0 Å². The number of carbonyl (C=O) groups is 2. The smallest absolute Gasteiger partial charge is 0.358 e. The number of hydrogen-bond donors (Lipinski definition) is 2. The molecule has 7 nitrogen and oxygen atoms in total. The first-order chi connectivity index (χ1) is 9.86. The number of carbonyl (C=O) groups excluding carboxylic acids is 1. The molecule has 0 aliphatic heterocycles. The zero-order chi connectivity index (χ0) is 15.6. The van der Waals surface area contributed by atoms with Gasteiger partial charge in [-0.1, -0.05) is 28.4 Å². The summed E-state index contributed by atoms with van der Waals surface area (Å²) in [6.07, 6.45) is 1.10. The molecule has 0 aliphatic rings. The van der Waals surface area contributed by atoms with E-state index in [2.05, 4.69) is 15.6 Å². The van der Waals surface area contributed by atoms with Gasteiger partial charge in [0.05, 0.1) is 16.2 Å². The summed E-state index contributed by atoms with van der Waals surface area (Å²) >= 11 is 11.2. The molecule has 2 N–H and O–H groups in total. The van der Waals surface area contributed by atoms with Crippen molar-refractivity contribution in [3.8, 4) is 0 Å². The van der Waals surface area contributed by atoms with Crippen LogP contribution in [-0.2, 0) is 11.3 Å². The molecule has 2 rings (SSSR count). The van der Waals surface area contributed by atoms with E-state index in [0.29, 0.717) is 0 Å². The van der Waals surface area contributed by atoms with E-state index in [1.54, 1.807) is 0 Å². The summed E-state index contributed by atoms with van der Waals surface area (Å²) in [5.74, 6) is -2.56. The van der Waals surface area contributed by atoms with Crippen LogP contribution < -0.4 is 5.32 Å². The van der Waals surface area contributed by atoms with Gasteiger partial charge in [0.25, 0.3) is 0 Å². The number of nitrogens with one attached hydrogen (secondary N) is 1. The van der Waals surface area contributed by atoms with Gasteiger partial charge < -0.3 is 10.4 Å². The highest BCUT2D eigenvalue weighted by Gasteiger charge is 2.12. The van der Waals surface area contributed by atoms with Crippen molar-refractivity contribution in [2.45, 2.75) is 6.54 Å². The summed E-state index contributed by atoms with van der Waals surface area (Å²) in [7, 11) is 0. The van der Waals surface area contributed by atoms with Crippen molar-refractivity contribution in [2.24, 2.45) is 0 Å². The van der Waals surface area contributed by atoms with Crippen LogP contribution in [0.2, 0.25) is 10.0 Å². The lowest BCUT2D eigenvalue weighted by atomic mass is 10.3. The van der Waals surface area contributed by atoms with Crippen molar-refractivity contribution in [3.63, 3.8) is 0 Å². The highest BCUT2D eigenvalue weighted by Crippen LogP contribution is 2.27. The molecule has 0 aliphatic carbocycles. The van der Waals surface area contributed by atoms with E-state index in [-0.39, 0.29) is 28.0 Å². The Labute approximate surface area is 127 Å². The predicted molar refractivity (Wildman–Crippen MR) is 72.0 cm³/mol. The molecule has 0 atom stereocenters. The molecular formula is C11H7Cl2FN4O3. The fourth-order valence-corrected chi connectivity index (χ4v) is 1.94. The molecule has 0 saturated carbocycles. The normalized spacial score (nSPS) is 10.4. The molecule has 1 aromatic carbocycles. The van der Waals surface area contributed by atoms with Crippen LogP contribution in [0.15, 0.2) is 18.3 Å². The van der Waals surface area contributed by atoms with Crippen molar-refractivity contribution >= 4 is 40.8 Å². The Morgan fingerprint density at radius 3 is 2.48 bits per heavy atom. The number of carboxylic acid groups (broad SMARTS) is 1. The number of aromatic carboxylic acids is 1. The third kappa shape index (κ3) is 3.67. The molecule has 2 aromatic rings. The van der Waals surface area contributed by atoms with Gasteiger partial charge in [0, 0.05) is 5.69 Å². The van der Waals surface area contributed by atoms with Crippen LogP contribution in [0.25, 0.3) is 0 Å². The number of amides is 1. The van der Waals surface area contributed by atoms with Crippen LogP contribution >= 0.6 is 23.2 Å². The summed E-state index contributed by atoms with van der Waals surface area (Å²) in [4.78, 5) is 22.4. The van der Waals surface area contributed by atoms with E-state index in [0.717, 1.165) is 10.9 Å². The van der Waals surface area contributed by atoms with E-state index in [1.807, 2.05) is 0 Å². The summed E-state index contributed by atoms with van der Waals surface area (Å²) in [5.41, 5.74) is -0.0781. The highest BCUT2D eigenvalue weighted by molar-refractivity contribution is 6.35. The zero-order valence-corrected chi connectivity index (χ0v) is 11.7. The van der Waals surface area contributed by atoms with Crippen LogP contribution in [-0.4, -0.2) is 32.0 Å². The number of anilines is 1. The predicted octanol–water partition coefficient (Wildman–Crippen LogP) is 2.06. The molecule has 21 heavy (non-hydrogen) atoms. The van der Waals surface area contributed by atoms with E-state index in [1.165, 1.54) is 12.1 Å². The molecule has 1 heterocycles. The quantitative estimate of drug-likeness (QED) is 0.835. The Bertz CT molecular complexity index is 696. The van der Waals surface area contributed by atoms with E-state index in [9.17, 15) is 14.0 Å². The lowest BCUT2D eigenvalue weighted by Crippen LogP contribution is -2.19. The summed E-state index contributed by atoms with van der Waals surface area (Å²) in [6.45, 7) is -0.271. The van der Waals surface area contributed by atoms with Crippen LogP contribution in [0, 0.1) is 5.82 Å². The molecule has 10 heteroatoms. The molecule has 0 bridgehead atoms. The number of nitrogens with zero attached hydrogens (tertiary/aromatic N) is 3. The molecule has 110 valence electrons. The van der Waals surface area contributed by atoms with Gasteiger partial charge in [-0.2, -0.15) is 0 Å². The van der Waals surface area contributed by atoms with Crippen molar-refractivity contribution in [3.05, 3.63) is 39.9 Å². The van der Waals surface area contributed by atoms with Gasteiger partial charge in [-0.15, -0.1) is 5.10 Å². The highest BCUT2D eigenvalue weighted by atomic mass is 35.5. The lowest BCUT2D eigenvalue weighted by molar-refractivity contribution is -0.116. The third-order valence-corrected chi connectivity index (χ3v) is 2.88. The average molecular weight is 333 g/mol. The molecular weight excluding hydrogens is 326 g/mol. The SMILES string of the molecule is O=C(Cn1cc(C(=O)O)nn1)Nc1cc(Cl)c(F)c(Cl)c1. The number of halogens is 3. The van der Waals surface area contributed by atoms with Crippen molar-refractivity contribution in [1.29, 1.82) is 0 Å². The second-order valence-electron chi connectivity index (χ2n) is 3.91. The van der Waals surface area contributed by atoms with E-state index < -0.39 is 17.7 Å². The van der Waals surface area contributed by atoms with Crippen molar-refractivity contribution < 1.29 is 19.1 Å². The van der Waals surface area contributed by atoms with Gasteiger partial charge in [0.15, 0.2) is 11.5 Å². The van der Waals surface area contributed by atoms with Crippen LogP contribution in [0.1, 0.15) is 10.5 Å². The van der Waals surface area contributed by atoms with Crippen LogP contribution in [0.5, 0.6) is 0 Å². The Morgan fingerprint density at radius 2 is 1.95 bits per heavy atom. The number of benzene rings is 1. The number of carboxylic acids is 1. The molecule has 0 unspecified atom stereocenters. The minimum atomic E-state index is -1.25. The standard InChI is InChI=1S/C11H7Cl2FN4O3/c12-6-1-5(2-7(13)10(6)14)15-9(19)4-18-3-8(11(20)21)16-17-18/h1-3H,4H2,(H,15,19)(H,20,21). The molecule has 1 aromatic heterocycles. The molecule has 0 fully saturated rings. The first-order valence-corrected chi connectivity index (χ1v) is 6.20. The van der Waals surface area contributed by atoms with Crippen molar-refractivity contribution in [1.82, 2.24) is 15.0 Å². The van der Waals surface area contributed by atoms with Gasteiger partial charge in [-0.3, -0.25) is 4.79 Å². The number of hydrogen-bond acceptors (Lipinski definition) is 4. The zero-order valence-electron chi connectivity index (χ0n) is 10.2. The maximum Gasteiger partial charge on any atom is 0.358 e. The number of rotatable bonds is 4. The third-order valence-electron chi connectivity index (χ3n) is 2.33. The van der Waals surface area contributed by atoms with Gasteiger partial charge in [0.2, 0.25) is 5.91 Å². The topological polar surface area (TPSA) is 97.1 Å².